The average Bonchev–Trinajstić information content (AvgIpc) is 2.48. The molecule has 5 nitrogen and oxygen atoms in total. The predicted molar refractivity (Wildman–Crippen MR) is 51.9 cm³/mol. The molecule has 0 aromatic heterocycles. The van der Waals surface area contributed by atoms with Crippen LogP contribution in [0.25, 0.3) is 0 Å². The van der Waals surface area contributed by atoms with Crippen LogP contribution in [0.1, 0.15) is 20.3 Å². The van der Waals surface area contributed by atoms with Crippen molar-refractivity contribution in [1.29, 1.82) is 0 Å². The minimum absolute atomic E-state index is 0.0484. The second kappa shape index (κ2) is 4.41. The van der Waals surface area contributed by atoms with Crippen LogP contribution in [0, 0.1) is 11.8 Å². The van der Waals surface area contributed by atoms with Gasteiger partial charge in [-0.1, -0.05) is 13.8 Å². The second-order valence-corrected chi connectivity index (χ2v) is 4.05. The first-order chi connectivity index (χ1) is 6.54. The molecular weight excluding hydrogens is 182 g/mol. The van der Waals surface area contributed by atoms with Gasteiger partial charge in [0.15, 0.2) is 0 Å². The maximum Gasteiger partial charge on any atom is 0.253 e. The lowest BCUT2D eigenvalue weighted by atomic mass is 9.95. The van der Waals surface area contributed by atoms with E-state index in [-0.39, 0.29) is 18.4 Å². The third-order valence-corrected chi connectivity index (χ3v) is 2.68. The van der Waals surface area contributed by atoms with Crippen molar-refractivity contribution in [1.82, 2.24) is 10.3 Å². The highest BCUT2D eigenvalue weighted by atomic mass is 16.2. The fourth-order valence-electron chi connectivity index (χ4n) is 1.62. The molecule has 1 saturated heterocycles. The van der Waals surface area contributed by atoms with Crippen LogP contribution >= 0.6 is 0 Å². The number of rotatable bonds is 3. The van der Waals surface area contributed by atoms with Gasteiger partial charge < -0.3 is 4.90 Å². The van der Waals surface area contributed by atoms with Gasteiger partial charge in [-0.3, -0.25) is 15.0 Å². The molecule has 0 saturated carbocycles. The molecule has 5 heteroatoms. The van der Waals surface area contributed by atoms with Gasteiger partial charge in [0.2, 0.25) is 5.91 Å². The second-order valence-electron chi connectivity index (χ2n) is 4.05. The summed E-state index contributed by atoms with van der Waals surface area (Å²) >= 11 is 0. The van der Waals surface area contributed by atoms with E-state index < -0.39 is 0 Å². The van der Waals surface area contributed by atoms with Crippen molar-refractivity contribution >= 4 is 11.8 Å². The standard InChI is InChI=1S/C9H17N3O2/c1-6(2)7-3-9(14)12(4-7)5-8(13)11-10/h6-7H,3-5,10H2,1-2H3,(H,11,13). The van der Waals surface area contributed by atoms with E-state index in [1.54, 1.807) is 4.90 Å². The maximum atomic E-state index is 11.4. The number of nitrogens with one attached hydrogen (secondary N) is 1. The molecule has 1 aliphatic heterocycles. The first-order valence-corrected chi connectivity index (χ1v) is 4.81. The van der Waals surface area contributed by atoms with Crippen molar-refractivity contribution in [2.24, 2.45) is 17.7 Å². The average molecular weight is 199 g/mol. The topological polar surface area (TPSA) is 75.4 Å². The lowest BCUT2D eigenvalue weighted by Crippen LogP contribution is -2.41. The van der Waals surface area contributed by atoms with Crippen LogP contribution in [0.5, 0.6) is 0 Å². The van der Waals surface area contributed by atoms with Crippen LogP contribution in [0.3, 0.4) is 0 Å². The number of nitrogens with zero attached hydrogens (tertiary/aromatic N) is 1. The largest absolute Gasteiger partial charge is 0.333 e. The van der Waals surface area contributed by atoms with Crippen molar-refractivity contribution in [3.63, 3.8) is 0 Å². The summed E-state index contributed by atoms with van der Waals surface area (Å²) in [4.78, 5) is 24.0. The molecule has 14 heavy (non-hydrogen) atoms. The number of amides is 2. The van der Waals surface area contributed by atoms with E-state index in [9.17, 15) is 9.59 Å². The maximum absolute atomic E-state index is 11.4. The van der Waals surface area contributed by atoms with Crippen LogP contribution in [-0.2, 0) is 9.59 Å². The molecule has 0 aromatic carbocycles. The first-order valence-electron chi connectivity index (χ1n) is 4.81. The van der Waals surface area contributed by atoms with Gasteiger partial charge >= 0.3 is 0 Å². The van der Waals surface area contributed by atoms with Crippen molar-refractivity contribution in [2.75, 3.05) is 13.1 Å². The Bertz CT molecular complexity index is 240. The first kappa shape index (κ1) is 11.0. The van der Waals surface area contributed by atoms with Gasteiger partial charge in [0.05, 0.1) is 0 Å². The molecule has 1 rings (SSSR count). The Kier molecular flexibility index (Phi) is 3.46. The quantitative estimate of drug-likeness (QED) is 0.365. The van der Waals surface area contributed by atoms with Crippen molar-refractivity contribution in [3.05, 3.63) is 0 Å². The van der Waals surface area contributed by atoms with Gasteiger partial charge in [-0.15, -0.1) is 0 Å². The van der Waals surface area contributed by atoms with Crippen LogP contribution in [-0.4, -0.2) is 29.8 Å². The monoisotopic (exact) mass is 199 g/mol. The Labute approximate surface area is 83.6 Å². The van der Waals surface area contributed by atoms with Gasteiger partial charge in [0.1, 0.15) is 6.54 Å². The number of carbonyl (C=O) groups excluding carboxylic acids is 2. The molecule has 1 atom stereocenters. The predicted octanol–water partition coefficient (Wildman–Crippen LogP) is -0.519. The zero-order valence-electron chi connectivity index (χ0n) is 8.62. The van der Waals surface area contributed by atoms with E-state index >= 15 is 0 Å². The molecular formula is C9H17N3O2. The molecule has 0 aliphatic carbocycles. The van der Waals surface area contributed by atoms with E-state index in [4.69, 9.17) is 5.84 Å². The highest BCUT2D eigenvalue weighted by Gasteiger charge is 2.32. The third kappa shape index (κ3) is 2.45. The SMILES string of the molecule is CC(C)C1CC(=O)N(CC(=O)NN)C1. The summed E-state index contributed by atoms with van der Waals surface area (Å²) in [6.07, 6.45) is 0.551. The van der Waals surface area contributed by atoms with Crippen molar-refractivity contribution in [3.8, 4) is 0 Å². The molecule has 1 heterocycles. The summed E-state index contributed by atoms with van der Waals surface area (Å²) < 4.78 is 0. The minimum atomic E-state index is -0.317. The van der Waals surface area contributed by atoms with E-state index in [0.717, 1.165) is 0 Å². The lowest BCUT2D eigenvalue weighted by molar-refractivity contribution is -0.133. The zero-order valence-corrected chi connectivity index (χ0v) is 8.62. The van der Waals surface area contributed by atoms with Gasteiger partial charge in [0.25, 0.3) is 5.91 Å². The van der Waals surface area contributed by atoms with E-state index in [1.165, 1.54) is 0 Å². The number of nitrogens with two attached hydrogens (primary N) is 1. The molecule has 0 spiro atoms. The van der Waals surface area contributed by atoms with E-state index in [2.05, 4.69) is 13.8 Å². The minimum Gasteiger partial charge on any atom is -0.333 e. The summed E-state index contributed by atoms with van der Waals surface area (Å²) in [5, 5.41) is 0. The molecule has 80 valence electrons. The van der Waals surface area contributed by atoms with E-state index in [1.807, 2.05) is 5.43 Å². The highest BCUT2D eigenvalue weighted by Crippen LogP contribution is 2.24. The number of carbonyl (C=O) groups is 2. The number of likely N-dealkylation sites (tertiary alicyclic amines) is 1. The van der Waals surface area contributed by atoms with Gasteiger partial charge in [0, 0.05) is 13.0 Å². The normalized spacial score (nSPS) is 21.9. The van der Waals surface area contributed by atoms with Crippen LogP contribution in [0.2, 0.25) is 0 Å². The Hall–Kier alpha value is -1.10. The molecule has 0 radical (unpaired) electrons. The Balaban J connectivity index is 2.49. The summed E-state index contributed by atoms with van der Waals surface area (Å²) in [5.41, 5.74) is 2.02. The molecule has 1 fully saturated rings. The smallest absolute Gasteiger partial charge is 0.253 e. The fraction of sp³-hybridized carbons (Fsp3) is 0.778. The molecule has 0 bridgehead atoms. The van der Waals surface area contributed by atoms with Crippen molar-refractivity contribution < 1.29 is 9.59 Å². The van der Waals surface area contributed by atoms with Gasteiger partial charge in [-0.2, -0.15) is 0 Å². The number of hydrazine groups is 1. The lowest BCUT2D eigenvalue weighted by Gasteiger charge is -2.16. The third-order valence-electron chi connectivity index (χ3n) is 2.68. The zero-order chi connectivity index (χ0) is 10.7. The molecule has 3 N–H and O–H groups in total. The van der Waals surface area contributed by atoms with E-state index in [0.29, 0.717) is 24.8 Å². The molecule has 1 aliphatic rings. The van der Waals surface area contributed by atoms with Gasteiger partial charge in [-0.05, 0) is 11.8 Å². The molecule has 1 unspecified atom stereocenters. The summed E-state index contributed by atoms with van der Waals surface area (Å²) in [6, 6.07) is 0. The summed E-state index contributed by atoms with van der Waals surface area (Å²) in [7, 11) is 0. The van der Waals surface area contributed by atoms with Crippen molar-refractivity contribution in [2.45, 2.75) is 20.3 Å². The fourth-order valence-corrected chi connectivity index (χ4v) is 1.62. The van der Waals surface area contributed by atoms with Crippen LogP contribution < -0.4 is 11.3 Å². The number of hydrogen-bond acceptors (Lipinski definition) is 3. The molecule has 2 amide bonds. The Morgan fingerprint density at radius 3 is 2.79 bits per heavy atom. The van der Waals surface area contributed by atoms with Gasteiger partial charge in [-0.25, -0.2) is 5.84 Å². The summed E-state index contributed by atoms with van der Waals surface area (Å²) in [6.45, 7) is 4.93. The summed E-state index contributed by atoms with van der Waals surface area (Å²) in [5.74, 6) is 5.53. The number of hydrogen-bond donors (Lipinski definition) is 2. The Morgan fingerprint density at radius 1 is 1.71 bits per heavy atom. The molecule has 0 aromatic rings. The van der Waals surface area contributed by atoms with Crippen LogP contribution in [0.4, 0.5) is 0 Å². The highest BCUT2D eigenvalue weighted by molar-refractivity contribution is 5.85. The Morgan fingerprint density at radius 2 is 2.36 bits per heavy atom. The van der Waals surface area contributed by atoms with Crippen LogP contribution in [0.15, 0.2) is 0 Å².